The molecule has 10 N–H and O–H groups in total. The minimum absolute atomic E-state index is 0.00800. The van der Waals surface area contributed by atoms with Gasteiger partial charge in [0.05, 0.1) is 70.8 Å². The summed E-state index contributed by atoms with van der Waals surface area (Å²) in [6, 6.07) is -0.626. The Morgan fingerprint density at radius 1 is 1.01 bits per heavy atom. The number of hydrogen-bond acceptors (Lipinski definition) is 18. The molecule has 0 radical (unpaired) electrons. The summed E-state index contributed by atoms with van der Waals surface area (Å²) in [6.45, 7) is 14.7. The number of halogens is 1. The number of aliphatic hydroxyl groups is 1. The molecule has 2 aromatic carbocycles. The molecule has 410 valence electrons. The first-order valence-corrected chi connectivity index (χ1v) is 25.0. The van der Waals surface area contributed by atoms with Gasteiger partial charge in [-0.1, -0.05) is 43.8 Å². The van der Waals surface area contributed by atoms with Crippen LogP contribution < -0.4 is 32.0 Å². The number of benzene rings is 2. The molecule has 77 heavy (non-hydrogen) atoms. The predicted molar refractivity (Wildman–Crippen MR) is 281 cm³/mol. The van der Waals surface area contributed by atoms with Crippen molar-refractivity contribution in [2.75, 3.05) is 30.4 Å². The van der Waals surface area contributed by atoms with Crippen molar-refractivity contribution in [2.24, 2.45) is 28.5 Å². The number of nitrogens with zero attached hydrogens (tertiary/aromatic N) is 3. The molecule has 2 aromatic heterocycles. The molecule has 9 rings (SSSR count). The van der Waals surface area contributed by atoms with Crippen molar-refractivity contribution in [3.05, 3.63) is 110 Å². The van der Waals surface area contributed by atoms with Crippen molar-refractivity contribution in [1.82, 2.24) is 4.40 Å². The van der Waals surface area contributed by atoms with E-state index in [-0.39, 0.29) is 58.3 Å². The zero-order valence-electron chi connectivity index (χ0n) is 43.8. The average Bonchev–Trinajstić information content (AvgIpc) is 4.11. The van der Waals surface area contributed by atoms with Gasteiger partial charge < -0.3 is 71.0 Å². The molecule has 1 saturated carbocycles. The zero-order chi connectivity index (χ0) is 56.3. The van der Waals surface area contributed by atoms with E-state index in [0.717, 1.165) is 35.9 Å². The van der Waals surface area contributed by atoms with Crippen LogP contribution in [0.3, 0.4) is 0 Å². The number of ketones is 1. The van der Waals surface area contributed by atoms with Gasteiger partial charge in [-0.2, -0.15) is 0 Å². The average molecular weight is 1070 g/mol. The lowest BCUT2D eigenvalue weighted by Crippen LogP contribution is -2.56. The number of carboxylic acid groups (broad SMARTS) is 1. The highest BCUT2D eigenvalue weighted by molar-refractivity contribution is 6.24. The summed E-state index contributed by atoms with van der Waals surface area (Å²) >= 11 is 0. The molecule has 2 fully saturated rings. The van der Waals surface area contributed by atoms with E-state index in [1.165, 1.54) is 65.2 Å². The summed E-state index contributed by atoms with van der Waals surface area (Å²) in [7, 11) is 1.39. The number of pyridine rings is 2. The molecule has 0 spiro atoms. The van der Waals surface area contributed by atoms with Crippen LogP contribution in [-0.4, -0.2) is 122 Å². The lowest BCUT2D eigenvalue weighted by atomic mass is 9.81. The number of methoxy groups -OCH3 is 1. The number of esters is 1. The van der Waals surface area contributed by atoms with Gasteiger partial charge in [0.15, 0.2) is 11.6 Å². The van der Waals surface area contributed by atoms with E-state index >= 15 is 4.39 Å². The number of allylic oxidation sites excluding steroid dienone is 2. The van der Waals surface area contributed by atoms with Gasteiger partial charge >= 0.3 is 17.7 Å². The summed E-state index contributed by atoms with van der Waals surface area (Å²) in [4.78, 5) is 73.9. The Morgan fingerprint density at radius 2 is 1.71 bits per heavy atom. The minimum atomic E-state index is -2.17. The standard InChI is InChI=1S/C55H63FN6O15/c1-23-11-10-12-24(2)52(69)60-42-34(20-59-77-31-15-17-61(21-31)44-27(5)43-32(30-13-14-30)19-33(54(71)72)53(70)62(43)22-35(44)56)47(66)37-38(48(42)67)46(65)28(6)49-39(37)51(68)55(8,76-49)74-18-16-36(73-9)25(3)50(75-29(7)63)41(58)26(4)40(57)45(23)64/h10-12,16,18-20,22,25-26,30-31,36,40-41,45,50,64-67H,1,13-15,17,21,57-58H2,2-9H3,(H,60,69)(H,71,72)/b11-10+,18-16+,24-12-,59-20+/t25-,26-,31?,36+,40+,41-,45+,50-,55+/m1/s1. The van der Waals surface area contributed by atoms with Crippen LogP contribution >= 0.6 is 0 Å². The van der Waals surface area contributed by atoms with Gasteiger partial charge in [-0.05, 0) is 74.3 Å². The van der Waals surface area contributed by atoms with Gasteiger partial charge in [0.25, 0.3) is 17.2 Å². The smallest absolute Gasteiger partial charge is 0.341 e. The fourth-order valence-corrected chi connectivity index (χ4v) is 10.5. The van der Waals surface area contributed by atoms with Crippen molar-refractivity contribution in [2.45, 2.75) is 116 Å². The third-order valence-corrected chi connectivity index (χ3v) is 15.1. The van der Waals surface area contributed by atoms with Crippen LogP contribution in [0.2, 0.25) is 0 Å². The number of ether oxygens (including phenoxy) is 4. The highest BCUT2D eigenvalue weighted by atomic mass is 19.1. The third kappa shape index (κ3) is 10.1. The summed E-state index contributed by atoms with van der Waals surface area (Å²) < 4.78 is 40.8. The lowest BCUT2D eigenvalue weighted by molar-refractivity contribution is -0.153. The molecule has 1 saturated heterocycles. The van der Waals surface area contributed by atoms with E-state index in [2.05, 4.69) is 17.1 Å². The number of oxime groups is 1. The van der Waals surface area contributed by atoms with E-state index in [4.69, 9.17) is 35.3 Å². The number of aromatic carboxylic acids is 1. The van der Waals surface area contributed by atoms with Crippen molar-refractivity contribution in [1.29, 1.82) is 0 Å². The molecule has 21 nitrogen and oxygen atoms in total. The number of amides is 1. The van der Waals surface area contributed by atoms with Gasteiger partial charge in [0.1, 0.15) is 35.0 Å². The molecular formula is C55H63FN6O15. The molecule has 4 aromatic rings. The number of nitrogens with two attached hydrogens (primary N) is 2. The number of Topliss-reactive ketones (excluding diaryl/α,β-unsaturated/α-hetero) is 1. The normalized spacial score (nSPS) is 27.9. The van der Waals surface area contributed by atoms with Crippen LogP contribution in [0.15, 0.2) is 70.5 Å². The van der Waals surface area contributed by atoms with E-state index in [0.29, 0.717) is 23.1 Å². The minimum Gasteiger partial charge on any atom is -0.507 e. The molecule has 5 bridgehead atoms. The summed E-state index contributed by atoms with van der Waals surface area (Å²) in [5.41, 5.74) is 12.6. The number of anilines is 2. The maximum absolute atomic E-state index is 16.1. The molecule has 6 heterocycles. The van der Waals surface area contributed by atoms with Crippen LogP contribution in [-0.2, 0) is 28.6 Å². The number of carbonyl (C=O) groups is 4. The number of rotatable bonds is 8. The largest absolute Gasteiger partial charge is 0.507 e. The number of carbonyl (C=O) groups excluding carboxylic acids is 3. The van der Waals surface area contributed by atoms with Crippen molar-refractivity contribution in [3.8, 4) is 23.0 Å². The summed E-state index contributed by atoms with van der Waals surface area (Å²) in [6.07, 6.45) is 6.62. The van der Waals surface area contributed by atoms with E-state index in [9.17, 15) is 49.5 Å². The number of hydrogen-bond donors (Lipinski definition) is 8. The summed E-state index contributed by atoms with van der Waals surface area (Å²) in [5.74, 6) is -10.4. The first kappa shape index (κ1) is 55.4. The third-order valence-electron chi connectivity index (χ3n) is 15.1. The Hall–Kier alpha value is -7.79. The highest BCUT2D eigenvalue weighted by Gasteiger charge is 2.50. The van der Waals surface area contributed by atoms with Gasteiger partial charge in [-0.3, -0.25) is 23.6 Å². The molecule has 22 heteroatoms. The number of nitrogens with one attached hydrogen (secondary N) is 1. The Kier molecular flexibility index (Phi) is 15.4. The molecule has 1 aliphatic carbocycles. The monoisotopic (exact) mass is 1070 g/mol. The van der Waals surface area contributed by atoms with Crippen LogP contribution in [0.4, 0.5) is 15.8 Å². The van der Waals surface area contributed by atoms with Gasteiger partial charge in [0, 0.05) is 68.4 Å². The molecule has 9 atom stereocenters. The SMILES string of the molecule is C=C1/C=C/C=C(/C)C(=O)Nc2c(/C=N/OC3CCN(c4c(F)cn5c(=O)c(C(=O)O)cc(C6CC6)c5c4C)C3)c(O)c3c4c(c(C)c(O)c3c2O)O[C@](C)(O/C=C/[C@H](OC)[C@@H](C)[C@@H](OC(C)=O)[C@H](N)[C@H](C)[C@H](N)[C@H]1O)C4=O. The molecular weight excluding hydrogens is 1000 g/mol. The Morgan fingerprint density at radius 3 is 2.36 bits per heavy atom. The fraction of sp³-hybridized carbons (Fsp3) is 0.418. The number of aromatic hydroxyl groups is 3. The van der Waals surface area contributed by atoms with Gasteiger partial charge in [-0.15, -0.1) is 0 Å². The van der Waals surface area contributed by atoms with E-state index in [1.54, 1.807) is 25.7 Å². The van der Waals surface area contributed by atoms with Crippen molar-refractivity contribution >= 4 is 57.5 Å². The molecule has 1 amide bonds. The Bertz CT molecular complexity index is 3330. The maximum atomic E-state index is 16.1. The topological polar surface area (TPSA) is 317 Å². The van der Waals surface area contributed by atoms with Gasteiger partial charge in [-0.25, -0.2) is 9.18 Å². The number of phenolic OH excluding ortho intramolecular Hbond substituents is 3. The number of phenols is 3. The number of aliphatic hydroxyl groups excluding tert-OH is 1. The first-order valence-electron chi connectivity index (χ1n) is 25.0. The number of aryl methyl sites for hydroxylation is 1. The number of carboxylic acids is 1. The fourth-order valence-electron chi connectivity index (χ4n) is 10.5. The second kappa shape index (κ2) is 21.3. The zero-order valence-corrected chi connectivity index (χ0v) is 43.8. The predicted octanol–water partition coefficient (Wildman–Crippen LogP) is 5.60. The van der Waals surface area contributed by atoms with Crippen LogP contribution in [0.25, 0.3) is 16.3 Å². The summed E-state index contributed by atoms with van der Waals surface area (Å²) in [5, 5.41) is 63.2. The highest BCUT2D eigenvalue weighted by Crippen LogP contribution is 2.55. The second-order valence-corrected chi connectivity index (χ2v) is 20.3. The Labute approximate surface area is 441 Å². The van der Waals surface area contributed by atoms with Crippen LogP contribution in [0.1, 0.15) is 103 Å². The van der Waals surface area contributed by atoms with E-state index < -0.39 is 128 Å². The van der Waals surface area contributed by atoms with Crippen LogP contribution in [0, 0.1) is 31.5 Å². The number of fused-ring (bicyclic) bond motifs is 15. The van der Waals surface area contributed by atoms with Gasteiger partial charge in [0.2, 0.25) is 0 Å². The Balaban J connectivity index is 1.19. The molecule has 4 aliphatic heterocycles. The first-order chi connectivity index (χ1) is 36.3. The maximum Gasteiger partial charge on any atom is 0.341 e. The quantitative estimate of drug-likeness (QED) is 0.0350. The van der Waals surface area contributed by atoms with E-state index in [1.807, 2.05) is 0 Å². The van der Waals surface area contributed by atoms with Crippen molar-refractivity contribution in [3.63, 3.8) is 0 Å². The number of aromatic nitrogens is 1. The van der Waals surface area contributed by atoms with Crippen LogP contribution in [0.5, 0.6) is 23.0 Å². The second-order valence-electron chi connectivity index (χ2n) is 20.3. The lowest BCUT2D eigenvalue weighted by Gasteiger charge is -2.37. The molecule has 5 aliphatic rings. The molecule has 1 unspecified atom stereocenters. The van der Waals surface area contributed by atoms with Crippen molar-refractivity contribution < 1.29 is 72.9 Å².